The van der Waals surface area contributed by atoms with E-state index in [4.69, 9.17) is 16.0 Å². The number of alkyl halides is 1. The van der Waals surface area contributed by atoms with Crippen molar-refractivity contribution in [2.45, 2.75) is 38.6 Å². The van der Waals surface area contributed by atoms with Gasteiger partial charge in [0.15, 0.2) is 5.76 Å². The van der Waals surface area contributed by atoms with E-state index in [0.29, 0.717) is 11.3 Å². The van der Waals surface area contributed by atoms with Gasteiger partial charge in [0.2, 0.25) is 0 Å². The second-order valence-electron chi connectivity index (χ2n) is 5.44. The minimum atomic E-state index is -0.493. The third-order valence-electron chi connectivity index (χ3n) is 3.33. The predicted molar refractivity (Wildman–Crippen MR) is 77.8 cm³/mol. The van der Waals surface area contributed by atoms with Crippen molar-refractivity contribution in [1.82, 2.24) is 5.32 Å². The first-order chi connectivity index (χ1) is 8.79. The molecular formula is C15H18ClNO2. The summed E-state index contributed by atoms with van der Waals surface area (Å²) in [5, 5.41) is 3.64. The molecule has 19 heavy (non-hydrogen) atoms. The van der Waals surface area contributed by atoms with Gasteiger partial charge in [0, 0.05) is 5.39 Å². The van der Waals surface area contributed by atoms with E-state index in [2.05, 4.69) is 5.32 Å². The molecule has 102 valence electrons. The number of hydrogen-bond donors (Lipinski definition) is 1. The zero-order valence-corrected chi connectivity index (χ0v) is 12.3. The van der Waals surface area contributed by atoms with Crippen molar-refractivity contribution in [2.24, 2.45) is 0 Å². The molecule has 1 amide bonds. The minimum Gasteiger partial charge on any atom is -0.451 e. The number of carbonyl (C=O) groups is 1. The fourth-order valence-electron chi connectivity index (χ4n) is 1.73. The van der Waals surface area contributed by atoms with Gasteiger partial charge >= 0.3 is 0 Å². The molecule has 3 nitrogen and oxygen atoms in total. The highest BCUT2D eigenvalue weighted by Crippen LogP contribution is 2.22. The van der Waals surface area contributed by atoms with Gasteiger partial charge in [-0.25, -0.2) is 0 Å². The maximum atomic E-state index is 12.2. The fourth-order valence-corrected chi connectivity index (χ4v) is 1.78. The standard InChI is InChI=1S/C15H18ClNO2/c1-9-5-6-12-11(7-9)8-13(19-12)14(18)17-15(3,4)10(2)16/h5-8,10H,1-4H3,(H,17,18). The summed E-state index contributed by atoms with van der Waals surface area (Å²) in [4.78, 5) is 12.2. The molecule has 0 aliphatic carbocycles. The first-order valence-electron chi connectivity index (χ1n) is 6.26. The molecule has 1 N–H and O–H groups in total. The predicted octanol–water partition coefficient (Wildman–Crippen LogP) is 3.88. The van der Waals surface area contributed by atoms with Gasteiger partial charge < -0.3 is 9.73 Å². The molecule has 1 atom stereocenters. The molecule has 1 unspecified atom stereocenters. The number of carbonyl (C=O) groups excluding carboxylic acids is 1. The SMILES string of the molecule is Cc1ccc2oc(C(=O)NC(C)(C)C(C)Cl)cc2c1. The Morgan fingerprint density at radius 2 is 2.05 bits per heavy atom. The number of rotatable bonds is 3. The molecule has 0 aliphatic rings. The van der Waals surface area contributed by atoms with Crippen LogP contribution in [-0.2, 0) is 0 Å². The Bertz CT molecular complexity index is 614. The minimum absolute atomic E-state index is 0.178. The molecule has 4 heteroatoms. The average molecular weight is 280 g/mol. The maximum Gasteiger partial charge on any atom is 0.287 e. The molecule has 1 heterocycles. The largest absolute Gasteiger partial charge is 0.451 e. The molecule has 0 fully saturated rings. The van der Waals surface area contributed by atoms with Gasteiger partial charge in [0.25, 0.3) is 5.91 Å². The van der Waals surface area contributed by atoms with Crippen molar-refractivity contribution >= 4 is 28.5 Å². The van der Waals surface area contributed by atoms with Crippen LogP contribution < -0.4 is 5.32 Å². The van der Waals surface area contributed by atoms with E-state index >= 15 is 0 Å². The highest BCUT2D eigenvalue weighted by atomic mass is 35.5. The number of hydrogen-bond acceptors (Lipinski definition) is 2. The normalized spacial score (nSPS) is 13.5. The van der Waals surface area contributed by atoms with Gasteiger partial charge in [0.05, 0.1) is 10.9 Å². The van der Waals surface area contributed by atoms with Gasteiger partial charge in [0.1, 0.15) is 5.58 Å². The highest BCUT2D eigenvalue weighted by molar-refractivity contribution is 6.21. The lowest BCUT2D eigenvalue weighted by Crippen LogP contribution is -2.48. The zero-order chi connectivity index (χ0) is 14.2. The lowest BCUT2D eigenvalue weighted by molar-refractivity contribution is 0.0886. The summed E-state index contributed by atoms with van der Waals surface area (Å²) >= 11 is 6.06. The van der Waals surface area contributed by atoms with Crippen molar-refractivity contribution in [3.05, 3.63) is 35.6 Å². The zero-order valence-electron chi connectivity index (χ0n) is 11.6. The van der Waals surface area contributed by atoms with Crippen molar-refractivity contribution < 1.29 is 9.21 Å². The summed E-state index contributed by atoms with van der Waals surface area (Å²) < 4.78 is 5.56. The lowest BCUT2D eigenvalue weighted by atomic mass is 10.0. The van der Waals surface area contributed by atoms with Gasteiger partial charge in [-0.05, 0) is 45.9 Å². The number of amides is 1. The monoisotopic (exact) mass is 279 g/mol. The Morgan fingerprint density at radius 3 is 2.68 bits per heavy atom. The van der Waals surface area contributed by atoms with Crippen LogP contribution in [0.25, 0.3) is 11.0 Å². The Morgan fingerprint density at radius 1 is 1.37 bits per heavy atom. The number of aryl methyl sites for hydroxylation is 1. The van der Waals surface area contributed by atoms with E-state index < -0.39 is 5.54 Å². The Kier molecular flexibility index (Phi) is 3.59. The second-order valence-corrected chi connectivity index (χ2v) is 6.10. The fraction of sp³-hybridized carbons (Fsp3) is 0.400. The van der Waals surface area contributed by atoms with E-state index in [1.54, 1.807) is 6.07 Å². The van der Waals surface area contributed by atoms with E-state index in [-0.39, 0.29) is 11.3 Å². The van der Waals surface area contributed by atoms with E-state index in [9.17, 15) is 4.79 Å². The molecular weight excluding hydrogens is 262 g/mol. The summed E-state index contributed by atoms with van der Waals surface area (Å²) in [6.07, 6.45) is 0. The van der Waals surface area contributed by atoms with Crippen LogP contribution in [0, 0.1) is 6.92 Å². The van der Waals surface area contributed by atoms with Crippen LogP contribution in [0.15, 0.2) is 28.7 Å². The molecule has 0 aliphatic heterocycles. The highest BCUT2D eigenvalue weighted by Gasteiger charge is 2.27. The van der Waals surface area contributed by atoms with Crippen LogP contribution in [0.2, 0.25) is 0 Å². The van der Waals surface area contributed by atoms with Gasteiger partial charge in [-0.3, -0.25) is 4.79 Å². The van der Waals surface area contributed by atoms with Gasteiger partial charge in [-0.2, -0.15) is 0 Å². The lowest BCUT2D eigenvalue weighted by Gasteiger charge is -2.28. The van der Waals surface area contributed by atoms with Crippen LogP contribution in [-0.4, -0.2) is 16.8 Å². The number of halogens is 1. The van der Waals surface area contributed by atoms with Crippen LogP contribution in [0.3, 0.4) is 0 Å². The number of fused-ring (bicyclic) bond motifs is 1. The summed E-state index contributed by atoms with van der Waals surface area (Å²) in [5.74, 6) is 0.0670. The molecule has 2 rings (SSSR count). The third kappa shape index (κ3) is 2.92. The van der Waals surface area contributed by atoms with Crippen LogP contribution in [0.4, 0.5) is 0 Å². The number of nitrogens with one attached hydrogen (secondary N) is 1. The van der Waals surface area contributed by atoms with E-state index in [0.717, 1.165) is 10.9 Å². The molecule has 0 saturated heterocycles. The Hall–Kier alpha value is -1.48. The smallest absolute Gasteiger partial charge is 0.287 e. The molecule has 2 aromatic rings. The van der Waals surface area contributed by atoms with Crippen LogP contribution in [0.5, 0.6) is 0 Å². The van der Waals surface area contributed by atoms with E-state index in [1.165, 1.54) is 0 Å². The summed E-state index contributed by atoms with van der Waals surface area (Å²) in [7, 11) is 0. The Labute approximate surface area is 117 Å². The second kappa shape index (κ2) is 4.89. The quantitative estimate of drug-likeness (QED) is 0.867. The molecule has 0 bridgehead atoms. The van der Waals surface area contributed by atoms with E-state index in [1.807, 2.05) is 45.9 Å². The van der Waals surface area contributed by atoms with Crippen molar-refractivity contribution in [3.63, 3.8) is 0 Å². The van der Waals surface area contributed by atoms with Gasteiger partial charge in [-0.15, -0.1) is 11.6 Å². The molecule has 0 spiro atoms. The first kappa shape index (κ1) is 13.9. The van der Waals surface area contributed by atoms with Crippen LogP contribution in [0.1, 0.15) is 36.9 Å². The van der Waals surface area contributed by atoms with Crippen molar-refractivity contribution in [2.75, 3.05) is 0 Å². The van der Waals surface area contributed by atoms with Crippen LogP contribution >= 0.6 is 11.6 Å². The van der Waals surface area contributed by atoms with Gasteiger partial charge in [-0.1, -0.05) is 11.6 Å². The molecule has 0 saturated carbocycles. The third-order valence-corrected chi connectivity index (χ3v) is 3.87. The topological polar surface area (TPSA) is 42.2 Å². The molecule has 1 aromatic carbocycles. The Balaban J connectivity index is 2.27. The summed E-state index contributed by atoms with van der Waals surface area (Å²) in [6.45, 7) is 7.62. The summed E-state index contributed by atoms with van der Waals surface area (Å²) in [6, 6.07) is 7.58. The first-order valence-corrected chi connectivity index (χ1v) is 6.70. The summed E-state index contributed by atoms with van der Waals surface area (Å²) in [5.41, 5.74) is 1.36. The average Bonchev–Trinajstić information content (AvgIpc) is 2.71. The van der Waals surface area contributed by atoms with Crippen molar-refractivity contribution in [1.29, 1.82) is 0 Å². The van der Waals surface area contributed by atoms with Crippen molar-refractivity contribution in [3.8, 4) is 0 Å². The molecule has 1 aromatic heterocycles. The number of benzene rings is 1. The molecule has 0 radical (unpaired) electrons. The number of furan rings is 1. The maximum absolute atomic E-state index is 12.2.